The molecule has 0 amide bonds. The van der Waals surface area contributed by atoms with Gasteiger partial charge in [-0.15, -0.1) is 0 Å². The maximum absolute atomic E-state index is 14.1. The highest BCUT2D eigenvalue weighted by atomic mass is 32.2. The van der Waals surface area contributed by atoms with Crippen LogP contribution in [0.5, 0.6) is 0 Å². The number of rotatable bonds is 4. The van der Waals surface area contributed by atoms with Gasteiger partial charge < -0.3 is 10.2 Å². The Hall–Kier alpha value is -1.18. The van der Waals surface area contributed by atoms with Crippen molar-refractivity contribution < 1.29 is 12.8 Å². The van der Waals surface area contributed by atoms with Crippen molar-refractivity contribution in [3.63, 3.8) is 0 Å². The van der Waals surface area contributed by atoms with Crippen molar-refractivity contribution in [2.24, 2.45) is 0 Å². The van der Waals surface area contributed by atoms with E-state index in [2.05, 4.69) is 5.32 Å². The van der Waals surface area contributed by atoms with Crippen LogP contribution < -0.4 is 10.2 Å². The number of sulfonamides is 1. The van der Waals surface area contributed by atoms with E-state index < -0.39 is 10.0 Å². The standard InChI is InChI=1S/C13H20FN3O2S/c1-15-10-11-3-4-13(12(14)9-11)16-5-7-17(8-6-16)20(2,18)19/h3-4,9,15H,5-8,10H2,1-2H3. The van der Waals surface area contributed by atoms with Gasteiger partial charge in [0.25, 0.3) is 0 Å². The van der Waals surface area contributed by atoms with Crippen LogP contribution in [0.25, 0.3) is 0 Å². The number of hydrogen-bond acceptors (Lipinski definition) is 4. The quantitative estimate of drug-likeness (QED) is 0.886. The third-order valence-electron chi connectivity index (χ3n) is 3.44. The number of benzene rings is 1. The van der Waals surface area contributed by atoms with Gasteiger partial charge in [-0.3, -0.25) is 0 Å². The lowest BCUT2D eigenvalue weighted by Gasteiger charge is -2.34. The molecule has 0 spiro atoms. The Morgan fingerprint density at radius 1 is 1.25 bits per heavy atom. The van der Waals surface area contributed by atoms with Crippen molar-refractivity contribution in [2.75, 3.05) is 44.4 Å². The monoisotopic (exact) mass is 301 g/mol. The van der Waals surface area contributed by atoms with E-state index in [1.54, 1.807) is 6.07 Å². The zero-order valence-corrected chi connectivity index (χ0v) is 12.6. The molecule has 1 heterocycles. The number of nitrogens with zero attached hydrogens (tertiary/aromatic N) is 2. The summed E-state index contributed by atoms with van der Waals surface area (Å²) in [5.41, 5.74) is 1.43. The van der Waals surface area contributed by atoms with Crippen LogP contribution in [0.4, 0.5) is 10.1 Å². The molecule has 1 saturated heterocycles. The molecule has 5 nitrogen and oxygen atoms in total. The van der Waals surface area contributed by atoms with E-state index in [-0.39, 0.29) is 5.82 Å². The lowest BCUT2D eigenvalue weighted by Crippen LogP contribution is -2.48. The molecule has 1 aromatic rings. The largest absolute Gasteiger partial charge is 0.367 e. The molecule has 1 N–H and O–H groups in total. The van der Waals surface area contributed by atoms with Gasteiger partial charge in [0, 0.05) is 32.7 Å². The lowest BCUT2D eigenvalue weighted by molar-refractivity contribution is 0.386. The van der Waals surface area contributed by atoms with E-state index in [1.165, 1.54) is 16.6 Å². The molecule has 20 heavy (non-hydrogen) atoms. The maximum Gasteiger partial charge on any atom is 0.211 e. The zero-order valence-electron chi connectivity index (χ0n) is 11.8. The van der Waals surface area contributed by atoms with E-state index in [1.807, 2.05) is 18.0 Å². The van der Waals surface area contributed by atoms with E-state index in [9.17, 15) is 12.8 Å². The van der Waals surface area contributed by atoms with Gasteiger partial charge in [-0.05, 0) is 24.7 Å². The minimum atomic E-state index is -3.15. The molecule has 1 aliphatic heterocycles. The third-order valence-corrected chi connectivity index (χ3v) is 4.74. The molecule has 112 valence electrons. The van der Waals surface area contributed by atoms with Crippen molar-refractivity contribution >= 4 is 15.7 Å². The number of halogens is 1. The number of hydrogen-bond donors (Lipinski definition) is 1. The van der Waals surface area contributed by atoms with Crippen molar-refractivity contribution in [3.8, 4) is 0 Å². The number of anilines is 1. The SMILES string of the molecule is CNCc1ccc(N2CCN(S(C)(=O)=O)CC2)c(F)c1. The van der Waals surface area contributed by atoms with Crippen molar-refractivity contribution in [1.82, 2.24) is 9.62 Å². The Bertz CT molecular complexity index is 569. The van der Waals surface area contributed by atoms with E-state index in [4.69, 9.17) is 0 Å². The fraction of sp³-hybridized carbons (Fsp3) is 0.538. The first-order chi connectivity index (χ1) is 9.41. The van der Waals surface area contributed by atoms with Crippen LogP contribution in [0.1, 0.15) is 5.56 Å². The minimum absolute atomic E-state index is 0.259. The molecule has 1 aliphatic rings. The van der Waals surface area contributed by atoms with Gasteiger partial charge in [0.05, 0.1) is 11.9 Å². The van der Waals surface area contributed by atoms with Crippen LogP contribution in [0, 0.1) is 5.82 Å². The van der Waals surface area contributed by atoms with Gasteiger partial charge in [-0.1, -0.05) is 6.07 Å². The Morgan fingerprint density at radius 3 is 2.40 bits per heavy atom. The summed E-state index contributed by atoms with van der Waals surface area (Å²) in [6.07, 6.45) is 1.20. The second-order valence-corrected chi connectivity index (χ2v) is 6.95. The fourth-order valence-electron chi connectivity index (χ4n) is 2.38. The molecule has 0 bridgehead atoms. The average Bonchev–Trinajstić information content (AvgIpc) is 2.38. The summed E-state index contributed by atoms with van der Waals surface area (Å²) in [7, 11) is -1.34. The van der Waals surface area contributed by atoms with Crippen molar-refractivity contribution in [3.05, 3.63) is 29.6 Å². The van der Waals surface area contributed by atoms with Gasteiger partial charge in [0.2, 0.25) is 10.0 Å². The van der Waals surface area contributed by atoms with E-state index in [0.29, 0.717) is 38.4 Å². The van der Waals surface area contributed by atoms with E-state index >= 15 is 0 Å². The average molecular weight is 301 g/mol. The molecule has 2 rings (SSSR count). The molecule has 1 aromatic carbocycles. The first-order valence-corrected chi connectivity index (χ1v) is 8.40. The van der Waals surface area contributed by atoms with Gasteiger partial charge in [-0.25, -0.2) is 12.8 Å². The molecule has 1 fully saturated rings. The normalized spacial score (nSPS) is 17.4. The summed E-state index contributed by atoms with van der Waals surface area (Å²) >= 11 is 0. The molecule has 0 aromatic heterocycles. The van der Waals surface area contributed by atoms with Gasteiger partial charge in [0.1, 0.15) is 5.82 Å². The van der Waals surface area contributed by atoms with Crippen LogP contribution in [0.3, 0.4) is 0 Å². The van der Waals surface area contributed by atoms with Crippen LogP contribution in [-0.4, -0.2) is 52.2 Å². The summed E-state index contributed by atoms with van der Waals surface area (Å²) < 4.78 is 38.4. The van der Waals surface area contributed by atoms with Crippen LogP contribution in [0.15, 0.2) is 18.2 Å². The van der Waals surface area contributed by atoms with Crippen LogP contribution in [0.2, 0.25) is 0 Å². The summed E-state index contributed by atoms with van der Waals surface area (Å²) in [4.78, 5) is 1.89. The Balaban J connectivity index is 2.07. The predicted octanol–water partition coefficient (Wildman–Crippen LogP) is 0.627. The summed E-state index contributed by atoms with van der Waals surface area (Å²) in [6, 6.07) is 5.17. The Kier molecular flexibility index (Phi) is 4.62. The molecule has 0 radical (unpaired) electrons. The first kappa shape index (κ1) is 15.2. The summed E-state index contributed by atoms with van der Waals surface area (Å²) in [5, 5.41) is 2.98. The molecular formula is C13H20FN3O2S. The second kappa shape index (κ2) is 6.07. The minimum Gasteiger partial charge on any atom is -0.367 e. The van der Waals surface area contributed by atoms with Crippen LogP contribution >= 0.6 is 0 Å². The molecule has 0 saturated carbocycles. The third kappa shape index (κ3) is 3.47. The van der Waals surface area contributed by atoms with Crippen LogP contribution in [-0.2, 0) is 16.6 Å². The van der Waals surface area contributed by atoms with E-state index in [0.717, 1.165) is 5.56 Å². The Morgan fingerprint density at radius 2 is 1.90 bits per heavy atom. The first-order valence-electron chi connectivity index (χ1n) is 6.55. The summed E-state index contributed by atoms with van der Waals surface area (Å²) in [6.45, 7) is 2.44. The topological polar surface area (TPSA) is 52.6 Å². The number of nitrogens with one attached hydrogen (secondary N) is 1. The highest BCUT2D eigenvalue weighted by Crippen LogP contribution is 2.22. The molecular weight excluding hydrogens is 281 g/mol. The maximum atomic E-state index is 14.1. The number of piperazine rings is 1. The molecule has 7 heteroatoms. The van der Waals surface area contributed by atoms with Crippen molar-refractivity contribution in [1.29, 1.82) is 0 Å². The summed E-state index contributed by atoms with van der Waals surface area (Å²) in [5.74, 6) is -0.259. The van der Waals surface area contributed by atoms with Gasteiger partial charge >= 0.3 is 0 Å². The zero-order chi connectivity index (χ0) is 14.8. The predicted molar refractivity (Wildman–Crippen MR) is 77.8 cm³/mol. The molecule has 0 atom stereocenters. The van der Waals surface area contributed by atoms with Crippen molar-refractivity contribution in [2.45, 2.75) is 6.54 Å². The highest BCUT2D eigenvalue weighted by molar-refractivity contribution is 7.88. The second-order valence-electron chi connectivity index (χ2n) is 4.97. The Labute approximate surface area is 119 Å². The molecule has 0 aliphatic carbocycles. The lowest BCUT2D eigenvalue weighted by atomic mass is 10.1. The fourth-order valence-corrected chi connectivity index (χ4v) is 3.21. The molecule has 0 unspecified atom stereocenters. The van der Waals surface area contributed by atoms with Gasteiger partial charge in [0.15, 0.2) is 0 Å². The highest BCUT2D eigenvalue weighted by Gasteiger charge is 2.24. The smallest absolute Gasteiger partial charge is 0.211 e. The van der Waals surface area contributed by atoms with Gasteiger partial charge in [-0.2, -0.15) is 4.31 Å².